The van der Waals surface area contributed by atoms with Gasteiger partial charge in [0.1, 0.15) is 5.75 Å². The highest BCUT2D eigenvalue weighted by atomic mass is 16.6. The first-order chi connectivity index (χ1) is 12.0. The summed E-state index contributed by atoms with van der Waals surface area (Å²) in [6, 6.07) is 12.3. The predicted octanol–water partition coefficient (Wildman–Crippen LogP) is 3.89. The second-order valence-electron chi connectivity index (χ2n) is 6.19. The molecular weight excluding hydrogens is 320 g/mol. The first kappa shape index (κ1) is 17.0. The summed E-state index contributed by atoms with van der Waals surface area (Å²) < 4.78 is 5.27. The van der Waals surface area contributed by atoms with Crippen molar-refractivity contribution in [2.75, 3.05) is 13.7 Å². The van der Waals surface area contributed by atoms with Crippen molar-refractivity contribution in [3.8, 4) is 5.75 Å². The first-order valence-corrected chi connectivity index (χ1v) is 8.21. The van der Waals surface area contributed by atoms with Crippen molar-refractivity contribution in [3.05, 3.63) is 69.3 Å². The van der Waals surface area contributed by atoms with Gasteiger partial charge in [-0.3, -0.25) is 14.9 Å². The van der Waals surface area contributed by atoms with Crippen molar-refractivity contribution >= 4 is 11.6 Å². The Labute approximate surface area is 146 Å². The topological polar surface area (TPSA) is 72.7 Å². The molecule has 0 saturated carbocycles. The van der Waals surface area contributed by atoms with Crippen molar-refractivity contribution < 1.29 is 14.5 Å². The minimum Gasteiger partial charge on any atom is -0.497 e. The molecule has 0 aromatic heterocycles. The van der Waals surface area contributed by atoms with Gasteiger partial charge in [-0.15, -0.1) is 0 Å². The van der Waals surface area contributed by atoms with E-state index >= 15 is 0 Å². The van der Waals surface area contributed by atoms with E-state index in [2.05, 4.69) is 0 Å². The average molecular weight is 340 g/mol. The Balaban J connectivity index is 1.90. The van der Waals surface area contributed by atoms with Crippen LogP contribution in [0, 0.1) is 17.0 Å². The fourth-order valence-corrected chi connectivity index (χ4v) is 3.31. The number of hydrogen-bond donors (Lipinski definition) is 0. The number of nitro groups is 1. The Morgan fingerprint density at radius 1 is 1.28 bits per heavy atom. The third-order valence-electron chi connectivity index (χ3n) is 4.65. The number of rotatable bonds is 4. The molecule has 25 heavy (non-hydrogen) atoms. The van der Waals surface area contributed by atoms with Crippen LogP contribution in [0.4, 0.5) is 5.69 Å². The van der Waals surface area contributed by atoms with Gasteiger partial charge in [-0.25, -0.2) is 0 Å². The second-order valence-corrected chi connectivity index (χ2v) is 6.19. The first-order valence-electron chi connectivity index (χ1n) is 8.21. The number of hydrogen-bond acceptors (Lipinski definition) is 4. The van der Waals surface area contributed by atoms with E-state index in [0.29, 0.717) is 17.7 Å². The molecule has 1 aliphatic heterocycles. The SMILES string of the molecule is COc1cccc(C2CCCN2C(=O)c2ccc(C)c([N+](=O)[O-])c2)c1. The van der Waals surface area contributed by atoms with E-state index < -0.39 is 4.92 Å². The highest BCUT2D eigenvalue weighted by Crippen LogP contribution is 2.35. The van der Waals surface area contributed by atoms with E-state index in [1.807, 2.05) is 24.3 Å². The lowest BCUT2D eigenvalue weighted by molar-refractivity contribution is -0.385. The highest BCUT2D eigenvalue weighted by molar-refractivity contribution is 5.95. The molecule has 0 radical (unpaired) electrons. The monoisotopic (exact) mass is 340 g/mol. The predicted molar refractivity (Wildman–Crippen MR) is 93.8 cm³/mol. The van der Waals surface area contributed by atoms with Crippen LogP contribution in [-0.4, -0.2) is 29.4 Å². The molecule has 130 valence electrons. The number of carbonyl (C=O) groups is 1. The lowest BCUT2D eigenvalue weighted by Gasteiger charge is -2.25. The van der Waals surface area contributed by atoms with Crippen LogP contribution in [0.2, 0.25) is 0 Å². The lowest BCUT2D eigenvalue weighted by atomic mass is 10.0. The number of likely N-dealkylation sites (tertiary alicyclic amines) is 1. The van der Waals surface area contributed by atoms with Gasteiger partial charge < -0.3 is 9.64 Å². The number of ether oxygens (including phenoxy) is 1. The number of nitro benzene ring substituents is 1. The summed E-state index contributed by atoms with van der Waals surface area (Å²) in [4.78, 5) is 25.4. The van der Waals surface area contributed by atoms with Crippen LogP contribution in [0.15, 0.2) is 42.5 Å². The zero-order chi connectivity index (χ0) is 18.0. The van der Waals surface area contributed by atoms with Crippen LogP contribution < -0.4 is 4.74 Å². The second kappa shape index (κ2) is 6.93. The Morgan fingerprint density at radius 2 is 2.08 bits per heavy atom. The van der Waals surface area contributed by atoms with Crippen LogP contribution in [0.3, 0.4) is 0 Å². The molecule has 1 amide bonds. The number of aryl methyl sites for hydroxylation is 1. The van der Waals surface area contributed by atoms with Gasteiger partial charge >= 0.3 is 0 Å². The van der Waals surface area contributed by atoms with Crippen LogP contribution in [0.1, 0.15) is 40.4 Å². The van der Waals surface area contributed by atoms with E-state index in [0.717, 1.165) is 24.2 Å². The highest BCUT2D eigenvalue weighted by Gasteiger charge is 2.31. The van der Waals surface area contributed by atoms with Crippen LogP contribution in [0.25, 0.3) is 0 Å². The minimum absolute atomic E-state index is 0.0250. The summed E-state index contributed by atoms with van der Waals surface area (Å²) >= 11 is 0. The Hall–Kier alpha value is -2.89. The molecule has 0 N–H and O–H groups in total. The number of nitrogens with zero attached hydrogens (tertiary/aromatic N) is 2. The molecule has 1 fully saturated rings. The maximum absolute atomic E-state index is 12.9. The number of methoxy groups -OCH3 is 1. The van der Waals surface area contributed by atoms with Crippen molar-refractivity contribution in [2.45, 2.75) is 25.8 Å². The van der Waals surface area contributed by atoms with E-state index in [-0.39, 0.29) is 17.6 Å². The molecular formula is C19H20N2O4. The van der Waals surface area contributed by atoms with Gasteiger partial charge in [-0.05, 0) is 43.5 Å². The van der Waals surface area contributed by atoms with E-state index in [9.17, 15) is 14.9 Å². The third kappa shape index (κ3) is 3.33. The summed E-state index contributed by atoms with van der Waals surface area (Å²) in [6.45, 7) is 2.31. The molecule has 2 aromatic rings. The molecule has 1 saturated heterocycles. The van der Waals surface area contributed by atoms with E-state index in [1.165, 1.54) is 6.07 Å². The Morgan fingerprint density at radius 3 is 2.80 bits per heavy atom. The maximum Gasteiger partial charge on any atom is 0.273 e. The van der Waals surface area contributed by atoms with Crippen LogP contribution in [-0.2, 0) is 0 Å². The van der Waals surface area contributed by atoms with E-state index in [4.69, 9.17) is 4.74 Å². The summed E-state index contributed by atoms with van der Waals surface area (Å²) in [7, 11) is 1.61. The van der Waals surface area contributed by atoms with Gasteiger partial charge in [0.2, 0.25) is 0 Å². The molecule has 0 aliphatic carbocycles. The molecule has 6 nitrogen and oxygen atoms in total. The van der Waals surface area contributed by atoms with Crippen LogP contribution >= 0.6 is 0 Å². The van der Waals surface area contributed by atoms with Crippen molar-refractivity contribution in [3.63, 3.8) is 0 Å². The smallest absolute Gasteiger partial charge is 0.273 e. The van der Waals surface area contributed by atoms with Gasteiger partial charge in [-0.1, -0.05) is 18.2 Å². The average Bonchev–Trinajstić information content (AvgIpc) is 3.11. The Kier molecular flexibility index (Phi) is 4.70. The van der Waals surface area contributed by atoms with Crippen LogP contribution in [0.5, 0.6) is 5.75 Å². The summed E-state index contributed by atoms with van der Waals surface area (Å²) in [5.74, 6) is 0.580. The molecule has 0 bridgehead atoms. The standard InChI is InChI=1S/C19H20N2O4/c1-13-8-9-15(12-18(13)21(23)24)19(22)20-10-4-7-17(20)14-5-3-6-16(11-14)25-2/h3,5-6,8-9,11-12,17H,4,7,10H2,1-2H3. The third-order valence-corrected chi connectivity index (χ3v) is 4.65. The Bertz CT molecular complexity index is 819. The fraction of sp³-hybridized carbons (Fsp3) is 0.316. The van der Waals surface area contributed by atoms with Crippen molar-refractivity contribution in [2.24, 2.45) is 0 Å². The lowest BCUT2D eigenvalue weighted by Crippen LogP contribution is -2.30. The zero-order valence-electron chi connectivity index (χ0n) is 14.3. The molecule has 6 heteroatoms. The van der Waals surface area contributed by atoms with E-state index in [1.54, 1.807) is 31.1 Å². The van der Waals surface area contributed by atoms with Gasteiger partial charge in [-0.2, -0.15) is 0 Å². The maximum atomic E-state index is 12.9. The largest absolute Gasteiger partial charge is 0.497 e. The molecule has 1 atom stereocenters. The van der Waals surface area contributed by atoms with Gasteiger partial charge in [0.05, 0.1) is 18.1 Å². The van der Waals surface area contributed by atoms with Crippen molar-refractivity contribution in [1.82, 2.24) is 4.90 Å². The molecule has 3 rings (SSSR count). The quantitative estimate of drug-likeness (QED) is 0.625. The molecule has 1 heterocycles. The van der Waals surface area contributed by atoms with Gasteiger partial charge in [0, 0.05) is 23.7 Å². The van der Waals surface area contributed by atoms with Crippen molar-refractivity contribution in [1.29, 1.82) is 0 Å². The minimum atomic E-state index is -0.449. The molecule has 1 aliphatic rings. The molecule has 2 aromatic carbocycles. The van der Waals surface area contributed by atoms with Gasteiger partial charge in [0.25, 0.3) is 11.6 Å². The molecule has 0 spiro atoms. The number of benzene rings is 2. The normalized spacial score (nSPS) is 16.7. The van der Waals surface area contributed by atoms with Gasteiger partial charge in [0.15, 0.2) is 0 Å². The summed E-state index contributed by atoms with van der Waals surface area (Å²) in [5, 5.41) is 11.1. The zero-order valence-corrected chi connectivity index (χ0v) is 14.3. The molecule has 1 unspecified atom stereocenters. The number of carbonyl (C=O) groups excluding carboxylic acids is 1. The fourth-order valence-electron chi connectivity index (χ4n) is 3.31. The number of amides is 1. The summed E-state index contributed by atoms with van der Waals surface area (Å²) in [5.41, 5.74) is 1.90. The summed E-state index contributed by atoms with van der Waals surface area (Å²) in [6.07, 6.45) is 1.77.